The summed E-state index contributed by atoms with van der Waals surface area (Å²) in [5.74, 6) is -0.597. The number of hydrogen-bond acceptors (Lipinski definition) is 6. The Morgan fingerprint density at radius 2 is 2.20 bits per heavy atom. The summed E-state index contributed by atoms with van der Waals surface area (Å²) in [5.41, 5.74) is 0.116. The van der Waals surface area contributed by atoms with E-state index in [0.29, 0.717) is 34.7 Å². The van der Waals surface area contributed by atoms with Crippen molar-refractivity contribution < 1.29 is 15.0 Å². The van der Waals surface area contributed by atoms with E-state index in [2.05, 4.69) is 9.97 Å². The van der Waals surface area contributed by atoms with Crippen LogP contribution in [-0.4, -0.2) is 51.2 Å². The van der Waals surface area contributed by atoms with E-state index in [1.807, 2.05) is 4.90 Å². The number of fused-ring (bicyclic) bond motifs is 1. The van der Waals surface area contributed by atoms with Crippen LogP contribution in [0.5, 0.6) is 0 Å². The molecule has 0 saturated heterocycles. The molecule has 0 spiro atoms. The Hall–Kier alpha value is -1.77. The predicted molar refractivity (Wildman–Crippen MR) is 75.4 cm³/mol. The maximum absolute atomic E-state index is 12.0. The first kappa shape index (κ1) is 14.6. The quantitative estimate of drug-likeness (QED) is 0.738. The van der Waals surface area contributed by atoms with Crippen molar-refractivity contribution in [1.82, 2.24) is 14.9 Å². The average Bonchev–Trinajstić information content (AvgIpc) is 2.67. The number of hydrogen-bond donors (Lipinski definition) is 3. The molecule has 0 fully saturated rings. The van der Waals surface area contributed by atoms with Crippen LogP contribution in [0, 0.1) is 6.92 Å². The van der Waals surface area contributed by atoms with Crippen molar-refractivity contribution in [2.45, 2.75) is 13.5 Å². The molecule has 2 heterocycles. The SMILES string of the molecule is Cc1c(C(=O)O)sc2nc(CN(C)CCO)[nH]c(=O)c12. The van der Waals surface area contributed by atoms with Crippen LogP contribution >= 0.6 is 11.3 Å². The van der Waals surface area contributed by atoms with Crippen molar-refractivity contribution in [3.63, 3.8) is 0 Å². The number of aromatic carboxylic acids is 1. The number of carboxylic acids is 1. The van der Waals surface area contributed by atoms with Gasteiger partial charge in [0.05, 0.1) is 18.5 Å². The summed E-state index contributed by atoms with van der Waals surface area (Å²) in [7, 11) is 1.79. The van der Waals surface area contributed by atoms with Crippen molar-refractivity contribution in [3.8, 4) is 0 Å². The molecule has 0 saturated carbocycles. The molecule has 7 nitrogen and oxygen atoms in total. The van der Waals surface area contributed by atoms with Gasteiger partial charge in [0.15, 0.2) is 0 Å². The molecule has 3 N–H and O–H groups in total. The maximum Gasteiger partial charge on any atom is 0.346 e. The Morgan fingerprint density at radius 3 is 2.80 bits per heavy atom. The summed E-state index contributed by atoms with van der Waals surface area (Å²) in [6, 6.07) is 0. The minimum Gasteiger partial charge on any atom is -0.477 e. The highest BCUT2D eigenvalue weighted by molar-refractivity contribution is 7.20. The number of thiophene rings is 1. The molecule has 2 aromatic rings. The largest absolute Gasteiger partial charge is 0.477 e. The number of carbonyl (C=O) groups is 1. The van der Waals surface area contributed by atoms with Crippen LogP contribution in [0.25, 0.3) is 10.2 Å². The highest BCUT2D eigenvalue weighted by Crippen LogP contribution is 2.26. The molecular formula is C12H15N3O4S. The van der Waals surface area contributed by atoms with E-state index in [0.717, 1.165) is 11.3 Å². The van der Waals surface area contributed by atoms with E-state index in [1.165, 1.54) is 0 Å². The molecule has 2 rings (SSSR count). The van der Waals surface area contributed by atoms with Gasteiger partial charge in [-0.3, -0.25) is 9.69 Å². The van der Waals surface area contributed by atoms with E-state index in [9.17, 15) is 9.59 Å². The Morgan fingerprint density at radius 1 is 1.50 bits per heavy atom. The molecule has 0 amide bonds. The van der Waals surface area contributed by atoms with E-state index >= 15 is 0 Å². The molecule has 0 radical (unpaired) electrons. The monoisotopic (exact) mass is 297 g/mol. The summed E-state index contributed by atoms with van der Waals surface area (Å²) < 4.78 is 0. The van der Waals surface area contributed by atoms with Crippen LogP contribution in [0.1, 0.15) is 21.1 Å². The lowest BCUT2D eigenvalue weighted by Gasteiger charge is -2.13. The van der Waals surface area contributed by atoms with Gasteiger partial charge in [-0.05, 0) is 19.5 Å². The first-order chi connectivity index (χ1) is 9.43. The van der Waals surface area contributed by atoms with Gasteiger partial charge in [-0.15, -0.1) is 11.3 Å². The summed E-state index contributed by atoms with van der Waals surface area (Å²) >= 11 is 1.00. The van der Waals surface area contributed by atoms with Crippen LogP contribution in [0.2, 0.25) is 0 Å². The number of likely N-dealkylation sites (N-methyl/N-ethyl adjacent to an activating group) is 1. The topological polar surface area (TPSA) is 107 Å². The minimum atomic E-state index is -1.05. The molecule has 8 heteroatoms. The van der Waals surface area contributed by atoms with Gasteiger partial charge in [0.1, 0.15) is 15.5 Å². The lowest BCUT2D eigenvalue weighted by molar-refractivity contribution is 0.0701. The molecule has 0 aliphatic heterocycles. The van der Waals surface area contributed by atoms with Gasteiger partial charge >= 0.3 is 5.97 Å². The number of carboxylic acid groups (broad SMARTS) is 1. The summed E-state index contributed by atoms with van der Waals surface area (Å²) in [4.78, 5) is 32.5. The van der Waals surface area contributed by atoms with Crippen LogP contribution in [0.15, 0.2) is 4.79 Å². The standard InChI is InChI=1S/C12H15N3O4S/c1-6-8-10(17)13-7(5-15(2)3-4-16)14-11(8)20-9(6)12(18)19/h16H,3-5H2,1-2H3,(H,18,19)(H,13,14,17). The summed E-state index contributed by atoms with van der Waals surface area (Å²) in [6.07, 6.45) is 0. The highest BCUT2D eigenvalue weighted by atomic mass is 32.1. The number of nitrogens with one attached hydrogen (secondary N) is 1. The van der Waals surface area contributed by atoms with Crippen LogP contribution in [0.3, 0.4) is 0 Å². The van der Waals surface area contributed by atoms with E-state index in [1.54, 1.807) is 14.0 Å². The fourth-order valence-electron chi connectivity index (χ4n) is 1.97. The molecule has 20 heavy (non-hydrogen) atoms. The van der Waals surface area contributed by atoms with Gasteiger partial charge in [0, 0.05) is 6.54 Å². The summed E-state index contributed by atoms with van der Waals surface area (Å²) in [5, 5.41) is 18.3. The molecule has 0 bridgehead atoms. The summed E-state index contributed by atoms with van der Waals surface area (Å²) in [6.45, 7) is 2.47. The fourth-order valence-corrected chi connectivity index (χ4v) is 3.01. The van der Waals surface area contributed by atoms with Gasteiger partial charge in [0.25, 0.3) is 5.56 Å². The normalized spacial score (nSPS) is 11.4. The highest BCUT2D eigenvalue weighted by Gasteiger charge is 2.18. The maximum atomic E-state index is 12.0. The first-order valence-corrected chi connectivity index (χ1v) is 6.80. The van der Waals surface area contributed by atoms with Gasteiger partial charge in [0.2, 0.25) is 0 Å². The van der Waals surface area contributed by atoms with Crippen molar-refractivity contribution >= 4 is 27.5 Å². The second-order valence-electron chi connectivity index (χ2n) is 4.52. The molecule has 0 aliphatic rings. The van der Waals surface area contributed by atoms with Gasteiger partial charge in [-0.25, -0.2) is 9.78 Å². The minimum absolute atomic E-state index is 0.0181. The van der Waals surface area contributed by atoms with Crippen LogP contribution < -0.4 is 5.56 Å². The zero-order valence-electron chi connectivity index (χ0n) is 11.1. The molecule has 108 valence electrons. The number of aliphatic hydroxyl groups is 1. The number of aliphatic hydroxyl groups excluding tert-OH is 1. The predicted octanol–water partition coefficient (Wildman–Crippen LogP) is 0.415. The van der Waals surface area contributed by atoms with Gasteiger partial charge in [-0.2, -0.15) is 0 Å². The smallest absolute Gasteiger partial charge is 0.346 e. The lowest BCUT2D eigenvalue weighted by atomic mass is 10.2. The second-order valence-corrected chi connectivity index (χ2v) is 5.51. The number of aromatic amines is 1. The number of aromatic nitrogens is 2. The van der Waals surface area contributed by atoms with Crippen molar-refractivity contribution in [3.05, 3.63) is 26.6 Å². The van der Waals surface area contributed by atoms with Crippen LogP contribution in [-0.2, 0) is 6.54 Å². The second kappa shape index (κ2) is 5.70. The number of nitrogens with zero attached hydrogens (tertiary/aromatic N) is 2. The number of H-pyrrole nitrogens is 1. The Kier molecular flexibility index (Phi) is 4.17. The number of aryl methyl sites for hydroxylation is 1. The molecule has 0 aromatic carbocycles. The molecule has 0 unspecified atom stereocenters. The third kappa shape index (κ3) is 2.72. The Bertz CT molecular complexity index is 707. The third-order valence-electron chi connectivity index (χ3n) is 2.95. The first-order valence-electron chi connectivity index (χ1n) is 5.99. The van der Waals surface area contributed by atoms with Gasteiger partial charge < -0.3 is 15.2 Å². The zero-order chi connectivity index (χ0) is 14.9. The van der Waals surface area contributed by atoms with E-state index in [-0.39, 0.29) is 17.0 Å². The molecular weight excluding hydrogens is 282 g/mol. The van der Waals surface area contributed by atoms with E-state index < -0.39 is 5.97 Å². The van der Waals surface area contributed by atoms with E-state index in [4.69, 9.17) is 10.2 Å². The van der Waals surface area contributed by atoms with Crippen LogP contribution in [0.4, 0.5) is 0 Å². The van der Waals surface area contributed by atoms with Gasteiger partial charge in [-0.1, -0.05) is 0 Å². The Balaban J connectivity index is 2.47. The lowest BCUT2D eigenvalue weighted by Crippen LogP contribution is -2.24. The zero-order valence-corrected chi connectivity index (χ0v) is 12.0. The average molecular weight is 297 g/mol. The number of rotatable bonds is 5. The molecule has 0 atom stereocenters. The van der Waals surface area contributed by atoms with Crippen molar-refractivity contribution in [1.29, 1.82) is 0 Å². The third-order valence-corrected chi connectivity index (χ3v) is 4.12. The molecule has 0 aliphatic carbocycles. The molecule has 2 aromatic heterocycles. The Labute approximate surface area is 118 Å². The van der Waals surface area contributed by atoms with Crippen molar-refractivity contribution in [2.75, 3.05) is 20.2 Å². The van der Waals surface area contributed by atoms with Crippen molar-refractivity contribution in [2.24, 2.45) is 0 Å². The fraction of sp³-hybridized carbons (Fsp3) is 0.417.